The Morgan fingerprint density at radius 3 is 2.70 bits per heavy atom. The fourth-order valence-electron chi connectivity index (χ4n) is 0.761. The van der Waals surface area contributed by atoms with Gasteiger partial charge in [0.25, 0.3) is 0 Å². The second-order valence-corrected chi connectivity index (χ2v) is 2.00. The first-order valence-electron chi connectivity index (χ1n) is 3.51. The Balaban J connectivity index is 3.48. The topological polar surface area (TPSA) is 26.3 Å². The summed E-state index contributed by atoms with van der Waals surface area (Å²) in [6.45, 7) is 6.15. The van der Waals surface area contributed by atoms with E-state index in [1.165, 1.54) is 0 Å². The molecule has 0 rings (SSSR count). The molecule has 0 aromatic carbocycles. The summed E-state index contributed by atoms with van der Waals surface area (Å²) in [5, 5.41) is 0. The first-order chi connectivity index (χ1) is 4.85. The van der Waals surface area contributed by atoms with Crippen LogP contribution in [0.3, 0.4) is 0 Å². The maximum Gasteiger partial charge on any atom is 0.122 e. The van der Waals surface area contributed by atoms with Crippen molar-refractivity contribution in [2.75, 3.05) is 6.61 Å². The summed E-state index contributed by atoms with van der Waals surface area (Å²) in [5.74, 6) is 0. The summed E-state index contributed by atoms with van der Waals surface area (Å²) >= 11 is 0. The van der Waals surface area contributed by atoms with E-state index in [0.29, 0.717) is 13.0 Å². The van der Waals surface area contributed by atoms with E-state index in [1.807, 2.05) is 6.92 Å². The maximum absolute atomic E-state index is 10.1. The number of rotatable bonds is 6. The molecule has 0 unspecified atom stereocenters. The van der Waals surface area contributed by atoms with Gasteiger partial charge in [-0.3, -0.25) is 0 Å². The number of hydrogen-bond donors (Lipinski definition) is 0. The number of carbonyl (C=O) groups excluding carboxylic acids is 1. The molecule has 0 radical (unpaired) electrons. The van der Waals surface area contributed by atoms with E-state index in [1.54, 1.807) is 6.08 Å². The highest BCUT2D eigenvalue weighted by Gasteiger charge is 2.03. The van der Waals surface area contributed by atoms with E-state index in [4.69, 9.17) is 4.74 Å². The van der Waals surface area contributed by atoms with E-state index >= 15 is 0 Å². The quantitative estimate of drug-likeness (QED) is 0.415. The van der Waals surface area contributed by atoms with Crippen LogP contribution in [0.1, 0.15) is 19.8 Å². The molecule has 0 bridgehead atoms. The van der Waals surface area contributed by atoms with Crippen LogP contribution in [0, 0.1) is 0 Å². The first kappa shape index (κ1) is 9.37. The number of ether oxygens (including phenoxy) is 1. The Hall–Kier alpha value is -0.630. The molecule has 0 aliphatic rings. The van der Waals surface area contributed by atoms with Gasteiger partial charge in [0.05, 0.1) is 6.10 Å². The molecule has 0 aliphatic heterocycles. The van der Waals surface area contributed by atoms with Crippen LogP contribution < -0.4 is 0 Å². The van der Waals surface area contributed by atoms with Crippen LogP contribution in [-0.2, 0) is 9.53 Å². The Labute approximate surface area is 61.9 Å². The molecule has 10 heavy (non-hydrogen) atoms. The number of hydrogen-bond acceptors (Lipinski definition) is 2. The molecule has 0 spiro atoms. The lowest BCUT2D eigenvalue weighted by molar-refractivity contribution is -0.110. The molecular weight excluding hydrogens is 128 g/mol. The van der Waals surface area contributed by atoms with Gasteiger partial charge in [-0.05, 0) is 13.3 Å². The lowest BCUT2D eigenvalue weighted by Crippen LogP contribution is -2.11. The van der Waals surface area contributed by atoms with Crippen molar-refractivity contribution < 1.29 is 9.53 Å². The van der Waals surface area contributed by atoms with Gasteiger partial charge in [0.2, 0.25) is 0 Å². The minimum Gasteiger partial charge on any atom is -0.378 e. The van der Waals surface area contributed by atoms with Crippen LogP contribution in [0.25, 0.3) is 0 Å². The smallest absolute Gasteiger partial charge is 0.122 e. The molecule has 0 heterocycles. The molecule has 0 aromatic rings. The summed E-state index contributed by atoms with van der Waals surface area (Å²) in [4.78, 5) is 10.1. The summed E-state index contributed by atoms with van der Waals surface area (Å²) in [5.41, 5.74) is 0. The highest BCUT2D eigenvalue weighted by Crippen LogP contribution is 2.01. The van der Waals surface area contributed by atoms with Crippen molar-refractivity contribution in [2.45, 2.75) is 25.9 Å². The van der Waals surface area contributed by atoms with Gasteiger partial charge in [0.15, 0.2) is 0 Å². The Bertz CT molecular complexity index is 89.4. The molecule has 0 amide bonds. The van der Waals surface area contributed by atoms with Crippen molar-refractivity contribution in [3.8, 4) is 0 Å². The normalized spacial score (nSPS) is 12.5. The van der Waals surface area contributed by atoms with Crippen molar-refractivity contribution >= 4 is 6.29 Å². The van der Waals surface area contributed by atoms with Crippen LogP contribution in [0.4, 0.5) is 0 Å². The fourth-order valence-corrected chi connectivity index (χ4v) is 0.761. The van der Waals surface area contributed by atoms with Crippen molar-refractivity contribution in [3.63, 3.8) is 0 Å². The molecule has 0 aromatic heterocycles. The van der Waals surface area contributed by atoms with E-state index in [2.05, 4.69) is 6.58 Å². The van der Waals surface area contributed by atoms with Gasteiger partial charge in [0, 0.05) is 13.0 Å². The second kappa shape index (κ2) is 6.49. The van der Waals surface area contributed by atoms with Crippen LogP contribution >= 0.6 is 0 Å². The minimum absolute atomic E-state index is 0.0417. The molecule has 1 atom stereocenters. The summed E-state index contributed by atoms with van der Waals surface area (Å²) < 4.78 is 5.22. The largest absolute Gasteiger partial charge is 0.378 e. The van der Waals surface area contributed by atoms with Crippen molar-refractivity contribution in [3.05, 3.63) is 12.7 Å². The van der Waals surface area contributed by atoms with Crippen LogP contribution in [0.5, 0.6) is 0 Å². The van der Waals surface area contributed by atoms with Gasteiger partial charge in [-0.25, -0.2) is 0 Å². The molecular formula is C8H14O2. The highest BCUT2D eigenvalue weighted by molar-refractivity contribution is 5.50. The monoisotopic (exact) mass is 142 g/mol. The zero-order chi connectivity index (χ0) is 7.82. The van der Waals surface area contributed by atoms with Crippen LogP contribution in [0.2, 0.25) is 0 Å². The van der Waals surface area contributed by atoms with Gasteiger partial charge in [0.1, 0.15) is 6.29 Å². The summed E-state index contributed by atoms with van der Waals surface area (Å²) in [7, 11) is 0. The van der Waals surface area contributed by atoms with Gasteiger partial charge >= 0.3 is 0 Å². The van der Waals surface area contributed by atoms with Crippen molar-refractivity contribution in [2.24, 2.45) is 0 Å². The molecule has 0 fully saturated rings. The molecule has 0 N–H and O–H groups in total. The second-order valence-electron chi connectivity index (χ2n) is 2.00. The van der Waals surface area contributed by atoms with Gasteiger partial charge in [-0.2, -0.15) is 0 Å². The molecule has 2 heteroatoms. The van der Waals surface area contributed by atoms with Gasteiger partial charge in [-0.15, -0.1) is 6.58 Å². The van der Waals surface area contributed by atoms with E-state index in [9.17, 15) is 4.79 Å². The van der Waals surface area contributed by atoms with E-state index in [0.717, 1.165) is 12.7 Å². The van der Waals surface area contributed by atoms with E-state index in [-0.39, 0.29) is 6.10 Å². The molecule has 0 saturated carbocycles. The van der Waals surface area contributed by atoms with Crippen LogP contribution in [0.15, 0.2) is 12.7 Å². The van der Waals surface area contributed by atoms with Gasteiger partial charge in [-0.1, -0.05) is 6.08 Å². The van der Waals surface area contributed by atoms with E-state index < -0.39 is 0 Å². The SMILES string of the molecule is C=CC[C@H](CC=O)OCC. The lowest BCUT2D eigenvalue weighted by Gasteiger charge is -2.10. The highest BCUT2D eigenvalue weighted by atomic mass is 16.5. The lowest BCUT2D eigenvalue weighted by atomic mass is 10.2. The molecule has 58 valence electrons. The van der Waals surface area contributed by atoms with Crippen molar-refractivity contribution in [1.29, 1.82) is 0 Å². The summed E-state index contributed by atoms with van der Waals surface area (Å²) in [6, 6.07) is 0. The average Bonchev–Trinajstić information content (AvgIpc) is 1.90. The average molecular weight is 142 g/mol. The number of carbonyl (C=O) groups is 1. The minimum atomic E-state index is 0.0417. The third-order valence-corrected chi connectivity index (χ3v) is 1.19. The maximum atomic E-state index is 10.1. The Morgan fingerprint density at radius 2 is 2.30 bits per heavy atom. The predicted molar refractivity (Wildman–Crippen MR) is 40.9 cm³/mol. The van der Waals surface area contributed by atoms with Crippen LogP contribution in [-0.4, -0.2) is 19.0 Å². The Morgan fingerprint density at radius 1 is 1.60 bits per heavy atom. The molecule has 2 nitrogen and oxygen atoms in total. The third kappa shape index (κ3) is 4.27. The predicted octanol–water partition coefficient (Wildman–Crippen LogP) is 1.56. The zero-order valence-electron chi connectivity index (χ0n) is 6.38. The first-order valence-corrected chi connectivity index (χ1v) is 3.51. The Kier molecular flexibility index (Phi) is 6.08. The van der Waals surface area contributed by atoms with Crippen molar-refractivity contribution in [1.82, 2.24) is 0 Å². The van der Waals surface area contributed by atoms with Gasteiger partial charge < -0.3 is 9.53 Å². The standard InChI is InChI=1S/C8H14O2/c1-3-5-8(6-7-9)10-4-2/h3,7-8H,1,4-6H2,2H3/t8-/m1/s1. The number of aldehydes is 1. The zero-order valence-corrected chi connectivity index (χ0v) is 6.38. The summed E-state index contributed by atoms with van der Waals surface area (Å²) in [6.07, 6.45) is 3.92. The molecule has 0 aliphatic carbocycles. The molecule has 0 saturated heterocycles. The third-order valence-electron chi connectivity index (χ3n) is 1.19. The fraction of sp³-hybridized carbons (Fsp3) is 0.625.